The summed E-state index contributed by atoms with van der Waals surface area (Å²) in [6.07, 6.45) is 1.46. The minimum Gasteiger partial charge on any atom is -0.484 e. The van der Waals surface area contributed by atoms with Crippen molar-refractivity contribution in [2.24, 2.45) is 0 Å². The zero-order chi connectivity index (χ0) is 16.8. The zero-order valence-electron chi connectivity index (χ0n) is 12.6. The van der Waals surface area contributed by atoms with Crippen LogP contribution in [0.5, 0.6) is 17.2 Å². The minimum absolute atomic E-state index is 0.0360. The van der Waals surface area contributed by atoms with Crippen LogP contribution in [-0.2, 0) is 4.79 Å². The molecule has 2 rings (SSSR count). The maximum absolute atomic E-state index is 11.5. The van der Waals surface area contributed by atoms with Gasteiger partial charge in [-0.2, -0.15) is 5.26 Å². The molecule has 0 spiro atoms. The normalized spacial score (nSPS) is 9.83. The Hall–Kier alpha value is -2.78. The maximum Gasteiger partial charge on any atom is 0.259 e. The number of nitrogens with zero attached hydrogens (tertiary/aromatic N) is 3. The topological polar surface area (TPSA) is 75.5 Å². The lowest BCUT2D eigenvalue weighted by Gasteiger charge is -2.12. The van der Waals surface area contributed by atoms with E-state index in [1.54, 1.807) is 44.4 Å². The number of carbonyl (C=O) groups is 1. The van der Waals surface area contributed by atoms with Crippen LogP contribution >= 0.6 is 11.6 Å². The molecule has 1 amide bonds. The number of carbonyl (C=O) groups excluding carboxylic acids is 1. The number of hydrogen-bond acceptors (Lipinski definition) is 5. The van der Waals surface area contributed by atoms with Crippen LogP contribution in [-0.4, -0.2) is 36.5 Å². The van der Waals surface area contributed by atoms with Crippen LogP contribution in [0.2, 0.25) is 5.15 Å². The Morgan fingerprint density at radius 3 is 2.52 bits per heavy atom. The van der Waals surface area contributed by atoms with Gasteiger partial charge < -0.3 is 14.4 Å². The van der Waals surface area contributed by atoms with Gasteiger partial charge in [-0.15, -0.1) is 0 Å². The summed E-state index contributed by atoms with van der Waals surface area (Å²) in [5.41, 5.74) is 0.172. The first-order chi connectivity index (χ1) is 11.0. The summed E-state index contributed by atoms with van der Waals surface area (Å²) in [7, 11) is 3.32. The van der Waals surface area contributed by atoms with Crippen molar-refractivity contribution in [3.8, 4) is 23.3 Å². The number of pyridine rings is 1. The van der Waals surface area contributed by atoms with E-state index >= 15 is 0 Å². The van der Waals surface area contributed by atoms with Crippen LogP contribution in [0.1, 0.15) is 5.56 Å². The van der Waals surface area contributed by atoms with Crippen LogP contribution in [0.3, 0.4) is 0 Å². The highest BCUT2D eigenvalue weighted by Crippen LogP contribution is 2.29. The van der Waals surface area contributed by atoms with Gasteiger partial charge in [-0.05, 0) is 24.3 Å². The molecule has 0 aliphatic rings. The van der Waals surface area contributed by atoms with Gasteiger partial charge in [-0.1, -0.05) is 11.6 Å². The lowest BCUT2D eigenvalue weighted by molar-refractivity contribution is -0.130. The molecule has 6 nitrogen and oxygen atoms in total. The molecule has 0 atom stereocenters. The van der Waals surface area contributed by atoms with Gasteiger partial charge in [-0.3, -0.25) is 4.79 Å². The van der Waals surface area contributed by atoms with E-state index in [4.69, 9.17) is 26.3 Å². The van der Waals surface area contributed by atoms with Crippen LogP contribution in [0.25, 0.3) is 0 Å². The SMILES string of the molecule is CN(C)C(=O)COc1ccc(Oc2ccnc(Cl)c2C#N)cc1. The first-order valence-corrected chi connectivity index (χ1v) is 7.04. The summed E-state index contributed by atoms with van der Waals surface area (Å²) < 4.78 is 11.0. The van der Waals surface area contributed by atoms with Crippen molar-refractivity contribution in [3.05, 3.63) is 47.2 Å². The zero-order valence-corrected chi connectivity index (χ0v) is 13.4. The first kappa shape index (κ1) is 16.6. The average molecular weight is 332 g/mol. The lowest BCUT2D eigenvalue weighted by Crippen LogP contribution is -2.27. The number of nitriles is 1. The van der Waals surface area contributed by atoms with E-state index in [9.17, 15) is 4.79 Å². The number of rotatable bonds is 5. The Labute approximate surface area is 138 Å². The smallest absolute Gasteiger partial charge is 0.259 e. The van der Waals surface area contributed by atoms with Crippen LogP contribution in [0.15, 0.2) is 36.5 Å². The number of hydrogen-bond donors (Lipinski definition) is 0. The second-order valence-corrected chi connectivity index (χ2v) is 5.10. The molecule has 23 heavy (non-hydrogen) atoms. The molecule has 0 saturated carbocycles. The van der Waals surface area contributed by atoms with E-state index in [1.165, 1.54) is 11.1 Å². The van der Waals surface area contributed by atoms with E-state index in [0.29, 0.717) is 17.2 Å². The summed E-state index contributed by atoms with van der Waals surface area (Å²) >= 11 is 5.85. The van der Waals surface area contributed by atoms with Gasteiger partial charge in [0.25, 0.3) is 5.91 Å². The maximum atomic E-state index is 11.5. The third-order valence-corrected chi connectivity index (χ3v) is 3.18. The molecular weight excluding hydrogens is 318 g/mol. The molecule has 0 aliphatic carbocycles. The molecule has 1 aromatic carbocycles. The van der Waals surface area contributed by atoms with Crippen LogP contribution < -0.4 is 9.47 Å². The summed E-state index contributed by atoms with van der Waals surface area (Å²) in [5, 5.41) is 9.17. The lowest BCUT2D eigenvalue weighted by atomic mass is 10.2. The highest BCUT2D eigenvalue weighted by Gasteiger charge is 2.10. The van der Waals surface area contributed by atoms with Crippen LogP contribution in [0.4, 0.5) is 0 Å². The van der Waals surface area contributed by atoms with Gasteiger partial charge in [0.15, 0.2) is 11.8 Å². The number of halogens is 1. The Morgan fingerprint density at radius 2 is 1.91 bits per heavy atom. The molecule has 0 unspecified atom stereocenters. The molecule has 118 valence electrons. The molecule has 0 bridgehead atoms. The summed E-state index contributed by atoms with van der Waals surface area (Å²) in [6.45, 7) is -0.0360. The first-order valence-electron chi connectivity index (χ1n) is 6.66. The molecule has 0 aliphatic heterocycles. The molecule has 0 radical (unpaired) electrons. The highest BCUT2D eigenvalue weighted by molar-refractivity contribution is 6.30. The third-order valence-electron chi connectivity index (χ3n) is 2.89. The van der Waals surface area contributed by atoms with Gasteiger partial charge in [0, 0.05) is 26.4 Å². The number of amides is 1. The van der Waals surface area contributed by atoms with Crippen molar-refractivity contribution in [3.63, 3.8) is 0 Å². The summed E-state index contributed by atoms with van der Waals surface area (Å²) in [4.78, 5) is 16.7. The second kappa shape index (κ2) is 7.47. The Morgan fingerprint density at radius 1 is 1.26 bits per heavy atom. The molecule has 0 N–H and O–H groups in total. The van der Waals surface area contributed by atoms with Crippen LogP contribution in [0, 0.1) is 11.3 Å². The summed E-state index contributed by atoms with van der Waals surface area (Å²) in [6, 6.07) is 10.2. The highest BCUT2D eigenvalue weighted by atomic mass is 35.5. The average Bonchev–Trinajstić information content (AvgIpc) is 2.54. The molecule has 0 fully saturated rings. The number of ether oxygens (including phenoxy) is 2. The Bertz CT molecular complexity index is 739. The van der Waals surface area contributed by atoms with Crippen molar-refractivity contribution in [1.29, 1.82) is 5.26 Å². The van der Waals surface area contributed by atoms with E-state index in [2.05, 4.69) is 4.98 Å². The standard InChI is InChI=1S/C16H14ClN3O3/c1-20(2)15(21)10-22-11-3-5-12(6-4-11)23-14-7-8-19-16(17)13(14)9-18/h3-8H,10H2,1-2H3. The fraction of sp³-hybridized carbons (Fsp3) is 0.188. The predicted octanol–water partition coefficient (Wildman–Crippen LogP) is 2.87. The Kier molecular flexibility index (Phi) is 5.39. The van der Waals surface area contributed by atoms with Gasteiger partial charge in [0.1, 0.15) is 28.9 Å². The molecular formula is C16H14ClN3O3. The largest absolute Gasteiger partial charge is 0.484 e. The van der Waals surface area contributed by atoms with E-state index in [0.717, 1.165) is 0 Å². The number of likely N-dealkylation sites (N-methyl/N-ethyl adjacent to an activating group) is 1. The van der Waals surface area contributed by atoms with E-state index < -0.39 is 0 Å². The molecule has 1 aromatic heterocycles. The Balaban J connectivity index is 2.05. The fourth-order valence-electron chi connectivity index (χ4n) is 1.61. The predicted molar refractivity (Wildman–Crippen MR) is 84.7 cm³/mol. The van der Waals surface area contributed by atoms with Crippen molar-refractivity contribution in [2.75, 3.05) is 20.7 Å². The van der Waals surface area contributed by atoms with Crippen molar-refractivity contribution in [2.45, 2.75) is 0 Å². The quantitative estimate of drug-likeness (QED) is 0.787. The minimum atomic E-state index is -0.129. The second-order valence-electron chi connectivity index (χ2n) is 4.74. The van der Waals surface area contributed by atoms with E-state index in [1.807, 2.05) is 6.07 Å². The molecule has 1 heterocycles. The van der Waals surface area contributed by atoms with Gasteiger partial charge in [0.05, 0.1) is 0 Å². The van der Waals surface area contributed by atoms with Crippen molar-refractivity contribution < 1.29 is 14.3 Å². The number of benzene rings is 1. The monoisotopic (exact) mass is 331 g/mol. The van der Waals surface area contributed by atoms with Gasteiger partial charge >= 0.3 is 0 Å². The summed E-state index contributed by atoms with van der Waals surface area (Å²) in [5.74, 6) is 1.25. The number of aromatic nitrogens is 1. The van der Waals surface area contributed by atoms with Crippen molar-refractivity contribution >= 4 is 17.5 Å². The van der Waals surface area contributed by atoms with Gasteiger partial charge in [-0.25, -0.2) is 4.98 Å². The van der Waals surface area contributed by atoms with E-state index in [-0.39, 0.29) is 23.2 Å². The van der Waals surface area contributed by atoms with Gasteiger partial charge in [0.2, 0.25) is 0 Å². The molecule has 0 saturated heterocycles. The molecule has 7 heteroatoms. The van der Waals surface area contributed by atoms with Crippen molar-refractivity contribution in [1.82, 2.24) is 9.88 Å². The third kappa shape index (κ3) is 4.34. The molecule has 2 aromatic rings. The fourth-order valence-corrected chi connectivity index (χ4v) is 1.80.